The number of quaternary nitrogens is 1. The molecule has 0 aromatic heterocycles. The number of carboxylic acids is 1. The molecule has 0 aliphatic rings. The Kier molecular flexibility index (Phi) is 64.4. The van der Waals surface area contributed by atoms with Gasteiger partial charge in [-0.3, -0.25) is 9.59 Å². The van der Waals surface area contributed by atoms with Gasteiger partial charge in [0, 0.05) is 12.8 Å². The molecule has 2 unspecified atom stereocenters. The lowest BCUT2D eigenvalue weighted by Gasteiger charge is -2.26. The third kappa shape index (κ3) is 70.0. The number of likely N-dealkylation sites (N-methyl/N-ethyl adjacent to an activating group) is 1. The highest BCUT2D eigenvalue weighted by Gasteiger charge is 2.22. The second-order valence-electron chi connectivity index (χ2n) is 24.1. The van der Waals surface area contributed by atoms with Gasteiger partial charge in [0.1, 0.15) is 13.2 Å². The second-order valence-corrected chi connectivity index (χ2v) is 24.1. The summed E-state index contributed by atoms with van der Waals surface area (Å²) < 4.78 is 22.8. The van der Waals surface area contributed by atoms with Crippen molar-refractivity contribution < 1.29 is 42.9 Å². The zero-order chi connectivity index (χ0) is 64.7. The average molecular weight is 1230 g/mol. The Labute approximate surface area is 546 Å². The summed E-state index contributed by atoms with van der Waals surface area (Å²) in [6.45, 7) is 4.50. The Morgan fingerprint density at radius 2 is 0.607 bits per heavy atom. The van der Waals surface area contributed by atoms with Gasteiger partial charge in [-0.05, 0) is 128 Å². The van der Waals surface area contributed by atoms with Gasteiger partial charge < -0.3 is 33.3 Å². The summed E-state index contributed by atoms with van der Waals surface area (Å²) in [4.78, 5) is 37.5. The summed E-state index contributed by atoms with van der Waals surface area (Å²) in [6, 6.07) is 0. The van der Waals surface area contributed by atoms with Gasteiger partial charge >= 0.3 is 11.9 Å². The normalized spacial score (nSPS) is 13.8. The van der Waals surface area contributed by atoms with Crippen molar-refractivity contribution in [3.63, 3.8) is 0 Å². The maximum atomic E-state index is 12.9. The molecule has 0 aromatic carbocycles. The third-order valence-corrected chi connectivity index (χ3v) is 14.5. The van der Waals surface area contributed by atoms with Gasteiger partial charge in [0.05, 0.1) is 40.3 Å². The summed E-state index contributed by atoms with van der Waals surface area (Å²) in [5, 5.41) is 11.8. The van der Waals surface area contributed by atoms with E-state index in [4.69, 9.17) is 18.9 Å². The Morgan fingerprint density at radius 1 is 0.337 bits per heavy atom. The fourth-order valence-electron chi connectivity index (χ4n) is 9.14. The predicted octanol–water partition coefficient (Wildman–Crippen LogP) is 20.9. The van der Waals surface area contributed by atoms with Crippen LogP contribution >= 0.6 is 0 Å². The van der Waals surface area contributed by atoms with Gasteiger partial charge in [-0.2, -0.15) is 0 Å². The number of ether oxygens (including phenoxy) is 4. The van der Waals surface area contributed by atoms with Crippen molar-refractivity contribution in [1.82, 2.24) is 0 Å². The van der Waals surface area contributed by atoms with Crippen molar-refractivity contribution in [3.05, 3.63) is 170 Å². The number of unbranched alkanes of at least 4 members (excludes halogenated alkanes) is 20. The number of hydrogen-bond donors (Lipinski definition) is 0. The van der Waals surface area contributed by atoms with Gasteiger partial charge in [0.15, 0.2) is 12.4 Å². The van der Waals surface area contributed by atoms with Crippen LogP contribution in [0.15, 0.2) is 170 Å². The number of carboxylic acid groups (broad SMARTS) is 1. The molecule has 0 heterocycles. The Bertz CT molecular complexity index is 2070. The van der Waals surface area contributed by atoms with E-state index in [0.29, 0.717) is 17.4 Å². The number of allylic oxidation sites excluding steroid dienone is 28. The van der Waals surface area contributed by atoms with Crippen molar-refractivity contribution >= 4 is 17.9 Å². The Hall–Kier alpha value is -5.35. The number of carbonyl (C=O) groups is 3. The van der Waals surface area contributed by atoms with E-state index in [2.05, 4.69) is 184 Å². The highest BCUT2D eigenvalue weighted by Crippen LogP contribution is 2.16. The van der Waals surface area contributed by atoms with Crippen molar-refractivity contribution in [2.45, 2.75) is 270 Å². The molecule has 502 valence electrons. The van der Waals surface area contributed by atoms with Gasteiger partial charge in [0.2, 0.25) is 0 Å². The van der Waals surface area contributed by atoms with Crippen LogP contribution in [0.1, 0.15) is 258 Å². The van der Waals surface area contributed by atoms with E-state index in [1.165, 1.54) is 77.0 Å². The van der Waals surface area contributed by atoms with Crippen LogP contribution in [0, 0.1) is 0 Å². The monoisotopic (exact) mass is 1230 g/mol. The number of aliphatic carboxylic acids is 1. The summed E-state index contributed by atoms with van der Waals surface area (Å²) >= 11 is 0. The molecule has 0 radical (unpaired) electrons. The fourth-order valence-corrected chi connectivity index (χ4v) is 9.14. The van der Waals surface area contributed by atoms with Crippen molar-refractivity contribution in [2.24, 2.45) is 0 Å². The van der Waals surface area contributed by atoms with Gasteiger partial charge in [-0.15, -0.1) is 0 Å². The number of esters is 2. The molecule has 0 bridgehead atoms. The first kappa shape index (κ1) is 83.7. The van der Waals surface area contributed by atoms with E-state index in [9.17, 15) is 19.5 Å². The zero-order valence-corrected chi connectivity index (χ0v) is 57.2. The molecular formula is C80H129NO8. The molecule has 0 N–H and O–H groups in total. The first-order valence-corrected chi connectivity index (χ1v) is 35.3. The summed E-state index contributed by atoms with van der Waals surface area (Å²) in [7, 11) is 5.92. The van der Waals surface area contributed by atoms with Crippen LogP contribution in [0.25, 0.3) is 0 Å². The number of hydrogen-bond acceptors (Lipinski definition) is 8. The number of nitrogens with zero attached hydrogens (tertiary/aromatic N) is 1. The minimum Gasteiger partial charge on any atom is -0.545 e. The maximum absolute atomic E-state index is 12.9. The molecule has 0 rings (SSSR count). The highest BCUT2D eigenvalue weighted by atomic mass is 16.7. The lowest BCUT2D eigenvalue weighted by Crippen LogP contribution is -2.44. The van der Waals surface area contributed by atoms with E-state index in [1.807, 2.05) is 21.1 Å². The van der Waals surface area contributed by atoms with Gasteiger partial charge in [0.25, 0.3) is 0 Å². The standard InChI is InChI=1S/C80H129NO8/c1-6-8-10-12-14-16-18-20-22-24-26-28-30-31-32-33-34-35-36-37-38-39-40-41-42-43-44-45-46-47-49-51-53-55-57-59-61-63-65-67-69-71-78(83)89-76(75-88-80(79(84)85)86-73-72-81(3,4)5)74-87-77(82)70-68-66-64-62-60-58-56-54-52-50-48-29-27-25-23-21-19-17-15-13-11-9-7-2/h8-11,14-17,20-23,26-29,31-32,34-35,37-38,40-41,43-44,46-47,76,80H,6-7,12-13,18-19,24-25,30,33,36,39,42,45,48-75H2,1-5H3/b10-8-,11-9-,16-14-,17-15-,22-20-,23-21-,28-26-,29-27-,32-31-,35-34-,38-37-,41-40-,44-43-,47-46-. The van der Waals surface area contributed by atoms with E-state index < -0.39 is 24.3 Å². The molecule has 0 aromatic rings. The molecule has 0 aliphatic carbocycles. The van der Waals surface area contributed by atoms with Gasteiger partial charge in [-0.1, -0.05) is 287 Å². The van der Waals surface area contributed by atoms with E-state index >= 15 is 0 Å². The third-order valence-electron chi connectivity index (χ3n) is 14.5. The molecule has 0 saturated carbocycles. The first-order valence-electron chi connectivity index (χ1n) is 35.3. The van der Waals surface area contributed by atoms with Crippen LogP contribution in [0.3, 0.4) is 0 Å². The van der Waals surface area contributed by atoms with Crippen molar-refractivity contribution in [3.8, 4) is 0 Å². The molecule has 89 heavy (non-hydrogen) atoms. The molecule has 9 nitrogen and oxygen atoms in total. The van der Waals surface area contributed by atoms with Crippen molar-refractivity contribution in [1.29, 1.82) is 0 Å². The minimum atomic E-state index is -1.63. The van der Waals surface area contributed by atoms with E-state index in [-0.39, 0.29) is 38.6 Å². The SMILES string of the molecule is CC/C=C\C/C=C\C/C=C\C/C=C\C/C=C\C/C=C\C/C=C\C/C=C\C/C=C\C/C=C\CCCCCCCCCCCCC(=O)OC(COC(=O)CCCCCCCCCCCC/C=C\C/C=C\C/C=C\C/C=C\CC)COC(OCC[N+](C)(C)C)C(=O)[O-]. The molecule has 0 fully saturated rings. The minimum absolute atomic E-state index is 0.138. The maximum Gasteiger partial charge on any atom is 0.306 e. The highest BCUT2D eigenvalue weighted by molar-refractivity contribution is 5.70. The number of rotatable bonds is 63. The molecular weight excluding hydrogens is 1100 g/mol. The van der Waals surface area contributed by atoms with E-state index in [0.717, 1.165) is 148 Å². The topological polar surface area (TPSA) is 111 Å². The van der Waals surface area contributed by atoms with Crippen LogP contribution in [0.2, 0.25) is 0 Å². The average Bonchev–Trinajstić information content (AvgIpc) is 3.64. The van der Waals surface area contributed by atoms with E-state index in [1.54, 1.807) is 0 Å². The summed E-state index contributed by atoms with van der Waals surface area (Å²) in [6.07, 6.45) is 100.0. The van der Waals surface area contributed by atoms with Crippen LogP contribution in [-0.2, 0) is 33.3 Å². The first-order chi connectivity index (χ1) is 43.6. The Morgan fingerprint density at radius 3 is 0.899 bits per heavy atom. The van der Waals surface area contributed by atoms with Crippen LogP contribution in [-0.4, -0.2) is 82.3 Å². The molecule has 0 spiro atoms. The van der Waals surface area contributed by atoms with Crippen LogP contribution in [0.4, 0.5) is 0 Å². The quantitative estimate of drug-likeness (QED) is 0.0195. The van der Waals surface area contributed by atoms with Crippen molar-refractivity contribution in [2.75, 3.05) is 47.5 Å². The molecule has 0 amide bonds. The smallest absolute Gasteiger partial charge is 0.306 e. The fraction of sp³-hybridized carbons (Fsp3) is 0.613. The largest absolute Gasteiger partial charge is 0.545 e. The van der Waals surface area contributed by atoms with Gasteiger partial charge in [-0.25, -0.2) is 0 Å². The Balaban J connectivity index is 4.16. The lowest BCUT2D eigenvalue weighted by atomic mass is 10.0. The number of carbonyl (C=O) groups excluding carboxylic acids is 3. The zero-order valence-electron chi connectivity index (χ0n) is 57.2. The second kappa shape index (κ2) is 68.6. The summed E-state index contributed by atoms with van der Waals surface area (Å²) in [5.41, 5.74) is 0. The molecule has 9 heteroatoms. The predicted molar refractivity (Wildman–Crippen MR) is 379 cm³/mol. The lowest BCUT2D eigenvalue weighted by molar-refractivity contribution is -0.870. The molecule has 0 aliphatic heterocycles. The van der Waals surface area contributed by atoms with Crippen LogP contribution < -0.4 is 5.11 Å². The van der Waals surface area contributed by atoms with Crippen LogP contribution in [0.5, 0.6) is 0 Å². The summed E-state index contributed by atoms with van der Waals surface area (Å²) in [5.74, 6) is -2.31. The molecule has 2 atom stereocenters. The molecule has 0 saturated heterocycles.